The van der Waals surface area contributed by atoms with Gasteiger partial charge < -0.3 is 9.42 Å². The third-order valence-electron chi connectivity index (χ3n) is 5.23. The normalized spacial score (nSPS) is 15.1. The van der Waals surface area contributed by atoms with Crippen molar-refractivity contribution in [1.29, 1.82) is 0 Å². The number of hydrogen-bond donors (Lipinski definition) is 0. The lowest BCUT2D eigenvalue weighted by atomic mass is 10.2. The average Bonchev–Trinajstić information content (AvgIpc) is 3.06. The van der Waals surface area contributed by atoms with Crippen molar-refractivity contribution in [3.63, 3.8) is 0 Å². The molecular weight excluding hydrogens is 415 g/mol. The molecule has 31 heavy (non-hydrogen) atoms. The van der Waals surface area contributed by atoms with E-state index in [4.69, 9.17) is 4.52 Å². The van der Waals surface area contributed by atoms with Crippen molar-refractivity contribution in [2.24, 2.45) is 0 Å². The van der Waals surface area contributed by atoms with Crippen molar-refractivity contribution in [2.75, 3.05) is 26.2 Å². The molecule has 8 heteroatoms. The quantitative estimate of drug-likeness (QED) is 0.537. The lowest BCUT2D eigenvalue weighted by molar-refractivity contribution is 0.0757. The molecule has 1 aliphatic rings. The molecule has 4 rings (SSSR count). The van der Waals surface area contributed by atoms with Crippen LogP contribution in [-0.2, 0) is 12.3 Å². The molecule has 0 bridgehead atoms. The smallest absolute Gasteiger partial charge is 0.255 e. The summed E-state index contributed by atoms with van der Waals surface area (Å²) in [6.07, 6.45) is 0.906. The number of hydrogen-bond acceptors (Lipinski definition) is 6. The second-order valence-electron chi connectivity index (χ2n) is 7.57. The highest BCUT2D eigenvalue weighted by Gasteiger charge is 2.22. The minimum absolute atomic E-state index is 0.0495. The Morgan fingerprint density at radius 1 is 1.10 bits per heavy atom. The summed E-state index contributed by atoms with van der Waals surface area (Å²) >= 11 is 1.53. The van der Waals surface area contributed by atoms with Crippen LogP contribution in [-0.4, -0.2) is 52.0 Å². The van der Waals surface area contributed by atoms with Gasteiger partial charge in [-0.25, -0.2) is 4.39 Å². The number of amides is 1. The summed E-state index contributed by atoms with van der Waals surface area (Å²) in [5, 5.41) is 3.81. The standard InChI is InChI=1S/C23H25FN4O2S/c1-17-25-22(30-26-17)16-31-21-6-3-2-5-20(21)23(29)28-12-4-11-27(13-14-28)15-18-7-9-19(24)10-8-18/h2-3,5-10H,4,11-16H2,1H3. The van der Waals surface area contributed by atoms with Crippen LogP contribution in [0, 0.1) is 12.7 Å². The molecule has 3 aromatic rings. The molecule has 0 spiro atoms. The number of carbonyl (C=O) groups excluding carboxylic acids is 1. The van der Waals surface area contributed by atoms with Gasteiger partial charge in [-0.2, -0.15) is 4.98 Å². The molecular formula is C23H25FN4O2S. The van der Waals surface area contributed by atoms with Crippen LogP contribution in [0.4, 0.5) is 4.39 Å². The maximum Gasteiger partial charge on any atom is 0.255 e. The summed E-state index contributed by atoms with van der Waals surface area (Å²) in [7, 11) is 0. The van der Waals surface area contributed by atoms with Gasteiger partial charge in [0.2, 0.25) is 5.89 Å². The van der Waals surface area contributed by atoms with Crippen molar-refractivity contribution in [3.05, 3.63) is 77.2 Å². The Morgan fingerprint density at radius 3 is 2.68 bits per heavy atom. The minimum atomic E-state index is -0.220. The van der Waals surface area contributed by atoms with E-state index in [9.17, 15) is 9.18 Å². The topological polar surface area (TPSA) is 62.5 Å². The van der Waals surface area contributed by atoms with Crippen LogP contribution >= 0.6 is 11.8 Å². The van der Waals surface area contributed by atoms with E-state index in [1.165, 1.54) is 23.9 Å². The van der Waals surface area contributed by atoms with Gasteiger partial charge in [-0.1, -0.05) is 29.4 Å². The van der Waals surface area contributed by atoms with Gasteiger partial charge in [0.15, 0.2) is 5.82 Å². The van der Waals surface area contributed by atoms with Gasteiger partial charge in [0.05, 0.1) is 11.3 Å². The van der Waals surface area contributed by atoms with E-state index < -0.39 is 0 Å². The number of halogens is 1. The fourth-order valence-electron chi connectivity index (χ4n) is 3.66. The Labute approximate surface area is 185 Å². The molecule has 1 fully saturated rings. The molecule has 2 aromatic carbocycles. The van der Waals surface area contributed by atoms with Crippen LogP contribution in [0.1, 0.15) is 34.1 Å². The second-order valence-corrected chi connectivity index (χ2v) is 8.59. The summed E-state index contributed by atoms with van der Waals surface area (Å²) in [5.41, 5.74) is 1.79. The summed E-state index contributed by atoms with van der Waals surface area (Å²) in [5.74, 6) is 1.51. The summed E-state index contributed by atoms with van der Waals surface area (Å²) in [4.78, 5) is 22.7. The molecule has 0 radical (unpaired) electrons. The van der Waals surface area contributed by atoms with Crippen molar-refractivity contribution in [3.8, 4) is 0 Å². The molecule has 162 valence electrons. The number of thioether (sulfide) groups is 1. The van der Waals surface area contributed by atoms with Gasteiger partial charge in [-0.3, -0.25) is 9.69 Å². The molecule has 6 nitrogen and oxygen atoms in total. The Balaban J connectivity index is 1.38. The number of benzene rings is 2. The summed E-state index contributed by atoms with van der Waals surface area (Å²) in [6.45, 7) is 5.64. The number of rotatable bonds is 6. The highest BCUT2D eigenvalue weighted by molar-refractivity contribution is 7.98. The first-order valence-corrected chi connectivity index (χ1v) is 11.3. The largest absolute Gasteiger partial charge is 0.338 e. The van der Waals surface area contributed by atoms with E-state index in [-0.39, 0.29) is 11.7 Å². The van der Waals surface area contributed by atoms with Gasteiger partial charge in [0.1, 0.15) is 5.82 Å². The van der Waals surface area contributed by atoms with Gasteiger partial charge in [0.25, 0.3) is 5.91 Å². The second kappa shape index (κ2) is 10.1. The van der Waals surface area contributed by atoms with Crippen molar-refractivity contribution in [1.82, 2.24) is 19.9 Å². The molecule has 0 unspecified atom stereocenters. The van der Waals surface area contributed by atoms with Gasteiger partial charge in [0, 0.05) is 37.6 Å². The number of nitrogens with zero attached hydrogens (tertiary/aromatic N) is 4. The number of aryl methyl sites for hydroxylation is 1. The predicted molar refractivity (Wildman–Crippen MR) is 117 cm³/mol. The van der Waals surface area contributed by atoms with Gasteiger partial charge >= 0.3 is 0 Å². The van der Waals surface area contributed by atoms with E-state index in [1.54, 1.807) is 6.92 Å². The molecule has 0 aliphatic carbocycles. The molecule has 1 saturated heterocycles. The van der Waals surface area contributed by atoms with Crippen LogP contribution in [0.5, 0.6) is 0 Å². The minimum Gasteiger partial charge on any atom is -0.338 e. The number of carbonyl (C=O) groups is 1. The van der Waals surface area contributed by atoms with E-state index >= 15 is 0 Å². The van der Waals surface area contributed by atoms with E-state index in [0.717, 1.165) is 43.1 Å². The first-order valence-electron chi connectivity index (χ1n) is 10.4. The monoisotopic (exact) mass is 440 g/mol. The maximum absolute atomic E-state index is 13.3. The Bertz CT molecular complexity index is 1020. The van der Waals surface area contributed by atoms with Gasteiger partial charge in [-0.05, 0) is 43.2 Å². The molecule has 0 saturated carbocycles. The van der Waals surface area contributed by atoms with Crippen LogP contribution < -0.4 is 0 Å². The SMILES string of the molecule is Cc1noc(CSc2ccccc2C(=O)N2CCCN(Cc3ccc(F)cc3)CC2)n1. The third-order valence-corrected chi connectivity index (χ3v) is 6.29. The van der Waals surface area contributed by atoms with Crippen molar-refractivity contribution < 1.29 is 13.7 Å². The van der Waals surface area contributed by atoms with Crippen LogP contribution in [0.25, 0.3) is 0 Å². The average molecular weight is 441 g/mol. The zero-order chi connectivity index (χ0) is 21.6. The Kier molecular flexibility index (Phi) is 6.99. The van der Waals surface area contributed by atoms with E-state index in [0.29, 0.717) is 29.6 Å². The molecule has 0 N–H and O–H groups in total. The Morgan fingerprint density at radius 2 is 1.90 bits per heavy atom. The first kappa shape index (κ1) is 21.5. The molecule has 1 amide bonds. The highest BCUT2D eigenvalue weighted by Crippen LogP contribution is 2.27. The van der Waals surface area contributed by atoms with Crippen LogP contribution in [0.2, 0.25) is 0 Å². The van der Waals surface area contributed by atoms with Crippen molar-refractivity contribution in [2.45, 2.75) is 30.5 Å². The van der Waals surface area contributed by atoms with E-state index in [2.05, 4.69) is 15.0 Å². The fraction of sp³-hybridized carbons (Fsp3) is 0.348. The molecule has 1 aliphatic heterocycles. The van der Waals surface area contributed by atoms with Crippen molar-refractivity contribution >= 4 is 17.7 Å². The molecule has 2 heterocycles. The summed E-state index contributed by atoms with van der Waals surface area (Å²) in [6, 6.07) is 14.3. The van der Waals surface area contributed by atoms with Crippen LogP contribution in [0.15, 0.2) is 57.9 Å². The predicted octanol–water partition coefficient (Wildman–Crippen LogP) is 4.16. The molecule has 1 aromatic heterocycles. The zero-order valence-corrected chi connectivity index (χ0v) is 18.3. The highest BCUT2D eigenvalue weighted by atomic mass is 32.2. The Hall–Kier alpha value is -2.71. The summed E-state index contributed by atoms with van der Waals surface area (Å²) < 4.78 is 18.3. The lowest BCUT2D eigenvalue weighted by Crippen LogP contribution is -2.35. The third kappa shape index (κ3) is 5.71. The van der Waals surface area contributed by atoms with Crippen LogP contribution in [0.3, 0.4) is 0 Å². The lowest BCUT2D eigenvalue weighted by Gasteiger charge is -2.23. The first-order chi connectivity index (χ1) is 15.1. The maximum atomic E-state index is 13.3. The molecule has 0 atom stereocenters. The fourth-order valence-corrected chi connectivity index (χ4v) is 4.54. The van der Waals surface area contributed by atoms with Gasteiger partial charge in [-0.15, -0.1) is 11.8 Å². The zero-order valence-electron chi connectivity index (χ0n) is 17.5. The number of aromatic nitrogens is 2. The van der Waals surface area contributed by atoms with E-state index in [1.807, 2.05) is 41.3 Å².